The van der Waals surface area contributed by atoms with Crippen molar-refractivity contribution in [2.75, 3.05) is 13.1 Å². The highest BCUT2D eigenvalue weighted by Crippen LogP contribution is 2.07. The van der Waals surface area contributed by atoms with Gasteiger partial charge in [-0.15, -0.1) is 0 Å². The number of hydrogen-bond acceptors (Lipinski definition) is 3. The Kier molecular flexibility index (Phi) is 4.12. The summed E-state index contributed by atoms with van der Waals surface area (Å²) >= 11 is 0. The third kappa shape index (κ3) is 3.54. The highest BCUT2D eigenvalue weighted by Gasteiger charge is 2.15. The summed E-state index contributed by atoms with van der Waals surface area (Å²) in [6, 6.07) is 7.44. The normalized spacial score (nSPS) is 16.8. The van der Waals surface area contributed by atoms with E-state index in [1.54, 1.807) is 12.1 Å². The van der Waals surface area contributed by atoms with E-state index < -0.39 is 0 Å². The Balaban J connectivity index is 1.82. The van der Waals surface area contributed by atoms with E-state index in [1.807, 2.05) is 19.1 Å². The van der Waals surface area contributed by atoms with E-state index in [0.717, 1.165) is 31.5 Å². The van der Waals surface area contributed by atoms with Crippen LogP contribution in [0.15, 0.2) is 24.3 Å². The van der Waals surface area contributed by atoms with Crippen molar-refractivity contribution in [3.05, 3.63) is 35.4 Å². The molecule has 0 radical (unpaired) electrons. The molecule has 1 aromatic carbocycles. The molecule has 92 valence electrons. The summed E-state index contributed by atoms with van der Waals surface area (Å²) in [6.45, 7) is 3.89. The Hall–Kier alpha value is -1.39. The maximum Gasteiger partial charge on any atom is 0.274 e. The first-order valence-corrected chi connectivity index (χ1v) is 5.99. The Bertz CT molecular complexity index is 370. The third-order valence-corrected chi connectivity index (χ3v) is 2.92. The second kappa shape index (κ2) is 5.80. The highest BCUT2D eigenvalue weighted by molar-refractivity contribution is 5.93. The number of hydroxylamine groups is 1. The van der Waals surface area contributed by atoms with Gasteiger partial charge in [-0.3, -0.25) is 9.63 Å². The van der Waals surface area contributed by atoms with E-state index in [0.29, 0.717) is 5.56 Å². The number of hydrogen-bond donors (Lipinski definition) is 2. The molecule has 1 amide bonds. The Morgan fingerprint density at radius 1 is 1.29 bits per heavy atom. The van der Waals surface area contributed by atoms with Crippen molar-refractivity contribution < 1.29 is 9.63 Å². The average molecular weight is 234 g/mol. The summed E-state index contributed by atoms with van der Waals surface area (Å²) in [5.74, 6) is -0.177. The second-order valence-corrected chi connectivity index (χ2v) is 4.36. The van der Waals surface area contributed by atoms with Crippen LogP contribution in [-0.4, -0.2) is 25.1 Å². The first-order chi connectivity index (χ1) is 8.25. The van der Waals surface area contributed by atoms with E-state index in [-0.39, 0.29) is 12.0 Å². The minimum atomic E-state index is -0.177. The quantitative estimate of drug-likeness (QED) is 0.777. The lowest BCUT2D eigenvalue weighted by atomic mass is 10.1. The molecule has 0 spiro atoms. The van der Waals surface area contributed by atoms with Gasteiger partial charge in [-0.05, 0) is 45.0 Å². The third-order valence-electron chi connectivity index (χ3n) is 2.92. The summed E-state index contributed by atoms with van der Waals surface area (Å²) in [7, 11) is 0. The minimum absolute atomic E-state index is 0.130. The zero-order valence-electron chi connectivity index (χ0n) is 10.0. The van der Waals surface area contributed by atoms with Crippen LogP contribution in [0.4, 0.5) is 0 Å². The molecule has 1 aliphatic heterocycles. The van der Waals surface area contributed by atoms with Crippen LogP contribution in [0.3, 0.4) is 0 Å². The van der Waals surface area contributed by atoms with Crippen LogP contribution in [-0.2, 0) is 4.84 Å². The van der Waals surface area contributed by atoms with Crippen LogP contribution in [0.25, 0.3) is 0 Å². The van der Waals surface area contributed by atoms with Crippen molar-refractivity contribution in [1.82, 2.24) is 10.8 Å². The fourth-order valence-electron chi connectivity index (χ4n) is 1.81. The summed E-state index contributed by atoms with van der Waals surface area (Å²) in [6.07, 6.45) is 2.01. The predicted octanol–water partition coefficient (Wildman–Crippen LogP) is 1.41. The van der Waals surface area contributed by atoms with Gasteiger partial charge in [0.15, 0.2) is 0 Å². The molecule has 2 N–H and O–H groups in total. The van der Waals surface area contributed by atoms with Crippen LogP contribution >= 0.6 is 0 Å². The first-order valence-electron chi connectivity index (χ1n) is 5.99. The van der Waals surface area contributed by atoms with Crippen LogP contribution in [0.2, 0.25) is 0 Å². The molecule has 4 heteroatoms. The van der Waals surface area contributed by atoms with Gasteiger partial charge in [-0.2, -0.15) is 0 Å². The Labute approximate surface area is 101 Å². The predicted molar refractivity (Wildman–Crippen MR) is 65.6 cm³/mol. The van der Waals surface area contributed by atoms with E-state index in [4.69, 9.17) is 4.84 Å². The molecule has 1 saturated heterocycles. The lowest BCUT2D eigenvalue weighted by molar-refractivity contribution is -0.0282. The summed E-state index contributed by atoms with van der Waals surface area (Å²) in [5, 5.41) is 3.25. The molecule has 1 aromatic rings. The molecule has 0 unspecified atom stereocenters. The topological polar surface area (TPSA) is 50.4 Å². The van der Waals surface area contributed by atoms with Crippen molar-refractivity contribution in [1.29, 1.82) is 0 Å². The van der Waals surface area contributed by atoms with Crippen LogP contribution in [0.1, 0.15) is 28.8 Å². The molecule has 2 rings (SSSR count). The first kappa shape index (κ1) is 12.1. The number of amides is 1. The largest absolute Gasteiger partial charge is 0.317 e. The molecular weight excluding hydrogens is 216 g/mol. The molecule has 1 heterocycles. The number of rotatable bonds is 3. The van der Waals surface area contributed by atoms with E-state index in [9.17, 15) is 4.79 Å². The zero-order valence-corrected chi connectivity index (χ0v) is 10.0. The van der Waals surface area contributed by atoms with Crippen LogP contribution < -0.4 is 10.8 Å². The summed E-state index contributed by atoms with van der Waals surface area (Å²) < 4.78 is 0. The van der Waals surface area contributed by atoms with Gasteiger partial charge in [0, 0.05) is 5.56 Å². The highest BCUT2D eigenvalue weighted by atomic mass is 16.7. The number of carbonyl (C=O) groups excluding carboxylic acids is 1. The van der Waals surface area contributed by atoms with Crippen molar-refractivity contribution >= 4 is 5.91 Å². The van der Waals surface area contributed by atoms with Gasteiger partial charge in [0.1, 0.15) is 0 Å². The second-order valence-electron chi connectivity index (χ2n) is 4.36. The number of aryl methyl sites for hydroxylation is 1. The monoisotopic (exact) mass is 234 g/mol. The van der Waals surface area contributed by atoms with Crippen LogP contribution in [0, 0.1) is 6.92 Å². The fourth-order valence-corrected chi connectivity index (χ4v) is 1.81. The summed E-state index contributed by atoms with van der Waals surface area (Å²) in [5.41, 5.74) is 4.29. The van der Waals surface area contributed by atoms with Gasteiger partial charge in [-0.25, -0.2) is 5.48 Å². The zero-order chi connectivity index (χ0) is 12.1. The SMILES string of the molecule is Cc1ccc(C(=O)NOC2CCNCC2)cc1. The standard InChI is InChI=1S/C13H18N2O2/c1-10-2-4-11(5-3-10)13(16)15-17-12-6-8-14-9-7-12/h2-5,12,14H,6-9H2,1H3,(H,15,16). The molecule has 4 nitrogen and oxygen atoms in total. The van der Waals surface area contributed by atoms with Gasteiger partial charge in [0.05, 0.1) is 6.10 Å². The number of carbonyl (C=O) groups is 1. The molecule has 0 atom stereocenters. The fraction of sp³-hybridized carbons (Fsp3) is 0.462. The van der Waals surface area contributed by atoms with E-state index >= 15 is 0 Å². The maximum absolute atomic E-state index is 11.7. The van der Waals surface area contributed by atoms with Crippen molar-refractivity contribution in [3.63, 3.8) is 0 Å². The Morgan fingerprint density at radius 3 is 2.59 bits per heavy atom. The number of nitrogens with one attached hydrogen (secondary N) is 2. The van der Waals surface area contributed by atoms with Crippen molar-refractivity contribution in [2.24, 2.45) is 0 Å². The van der Waals surface area contributed by atoms with Crippen molar-refractivity contribution in [3.8, 4) is 0 Å². The molecule has 0 bridgehead atoms. The van der Waals surface area contributed by atoms with Gasteiger partial charge < -0.3 is 5.32 Å². The molecular formula is C13H18N2O2. The minimum Gasteiger partial charge on any atom is -0.317 e. The molecule has 1 fully saturated rings. The van der Waals surface area contributed by atoms with Gasteiger partial charge in [-0.1, -0.05) is 17.7 Å². The lowest BCUT2D eigenvalue weighted by Crippen LogP contribution is -2.37. The van der Waals surface area contributed by atoms with Crippen LogP contribution in [0.5, 0.6) is 0 Å². The average Bonchev–Trinajstić information content (AvgIpc) is 2.38. The molecule has 17 heavy (non-hydrogen) atoms. The maximum atomic E-state index is 11.7. The number of piperidine rings is 1. The van der Waals surface area contributed by atoms with Gasteiger partial charge in [0.2, 0.25) is 0 Å². The smallest absolute Gasteiger partial charge is 0.274 e. The summed E-state index contributed by atoms with van der Waals surface area (Å²) in [4.78, 5) is 17.1. The van der Waals surface area contributed by atoms with Gasteiger partial charge >= 0.3 is 0 Å². The van der Waals surface area contributed by atoms with E-state index in [2.05, 4.69) is 10.8 Å². The Morgan fingerprint density at radius 2 is 1.94 bits per heavy atom. The number of benzene rings is 1. The van der Waals surface area contributed by atoms with Gasteiger partial charge in [0.25, 0.3) is 5.91 Å². The molecule has 1 aliphatic rings. The molecule has 0 aromatic heterocycles. The molecule has 0 aliphatic carbocycles. The van der Waals surface area contributed by atoms with Crippen molar-refractivity contribution in [2.45, 2.75) is 25.9 Å². The molecule has 0 saturated carbocycles. The lowest BCUT2D eigenvalue weighted by Gasteiger charge is -2.22. The van der Waals surface area contributed by atoms with E-state index in [1.165, 1.54) is 0 Å².